The molecule has 2 aromatic carbocycles. The summed E-state index contributed by atoms with van der Waals surface area (Å²) < 4.78 is 4.63. The number of aliphatic hydroxyl groups excluding tert-OH is 2. The molecule has 14 nitrogen and oxygen atoms in total. The number of hydrogen-bond donors (Lipinski definition) is 6. The van der Waals surface area contributed by atoms with E-state index in [0.29, 0.717) is 31.2 Å². The monoisotopic (exact) mass is 682 g/mol. The molecule has 0 spiro atoms. The number of rotatable bonds is 8. The molecule has 50 heavy (non-hydrogen) atoms. The zero-order chi connectivity index (χ0) is 35.5. The summed E-state index contributed by atoms with van der Waals surface area (Å²) in [5, 5.41) is 22.4. The number of imidazole rings is 2. The molecule has 4 heterocycles. The largest absolute Gasteiger partial charge is 0.453 e. The summed E-state index contributed by atoms with van der Waals surface area (Å²) in [6, 6.07) is 10.8. The molecule has 4 aromatic rings. The zero-order valence-corrected chi connectivity index (χ0v) is 28.2. The van der Waals surface area contributed by atoms with Gasteiger partial charge in [0.2, 0.25) is 11.8 Å². The standard InChI is InChI=1S/C36H42N8O6/c1-20(45)30(37)34(47)43-16-4-6-28(43)32-38-19-27(41-32)24-13-10-22(11-14-24)8-9-23-12-15-25-26(18-23)40-33(39-25)29-7-5-17-44(29)35(48)31(21(2)46)42-36(49)50-3/h10-15,18-21,28-31,45-46H,4-7,16-17,37H2,1-3H3,(H,38,41)(H,39,40)(H,42,49)/t20-,21-,28-,29-,30-,31-/m0/s1. The van der Waals surface area contributed by atoms with Crippen LogP contribution in [-0.4, -0.2) is 102 Å². The Bertz CT molecular complexity index is 1920. The Morgan fingerprint density at radius 1 is 0.920 bits per heavy atom. The van der Waals surface area contributed by atoms with Gasteiger partial charge in [-0.25, -0.2) is 14.8 Å². The Kier molecular flexibility index (Phi) is 10.2. The van der Waals surface area contributed by atoms with Crippen LogP contribution in [0.1, 0.15) is 74.4 Å². The molecular weight excluding hydrogens is 640 g/mol. The molecule has 6 atom stereocenters. The van der Waals surface area contributed by atoms with E-state index < -0.39 is 36.3 Å². The van der Waals surface area contributed by atoms with Crippen molar-refractivity contribution in [2.75, 3.05) is 20.2 Å². The van der Waals surface area contributed by atoms with Crippen molar-refractivity contribution in [3.8, 4) is 23.1 Å². The summed E-state index contributed by atoms with van der Waals surface area (Å²) in [7, 11) is 1.20. The second-order valence-electron chi connectivity index (χ2n) is 12.9. The molecule has 262 valence electrons. The van der Waals surface area contributed by atoms with Gasteiger partial charge in [-0.3, -0.25) is 9.59 Å². The number of carbonyl (C=O) groups excluding carboxylic acids is 3. The summed E-state index contributed by atoms with van der Waals surface area (Å²) >= 11 is 0. The quantitative estimate of drug-likeness (QED) is 0.151. The number of H-pyrrole nitrogens is 2. The van der Waals surface area contributed by atoms with Crippen LogP contribution in [0.25, 0.3) is 22.3 Å². The van der Waals surface area contributed by atoms with Crippen LogP contribution >= 0.6 is 0 Å². The number of benzene rings is 2. The highest BCUT2D eigenvalue weighted by Crippen LogP contribution is 2.33. The van der Waals surface area contributed by atoms with Crippen molar-refractivity contribution in [2.24, 2.45) is 5.73 Å². The van der Waals surface area contributed by atoms with E-state index in [-0.39, 0.29) is 18.0 Å². The van der Waals surface area contributed by atoms with E-state index >= 15 is 0 Å². The van der Waals surface area contributed by atoms with E-state index in [1.54, 1.807) is 16.0 Å². The Hall–Kier alpha value is -5.23. The van der Waals surface area contributed by atoms with Gasteiger partial charge in [-0.2, -0.15) is 0 Å². The number of amides is 3. The fraction of sp³-hybridized carbons (Fsp3) is 0.417. The first kappa shape index (κ1) is 34.6. The average molecular weight is 683 g/mol. The van der Waals surface area contributed by atoms with E-state index in [1.165, 1.54) is 21.0 Å². The van der Waals surface area contributed by atoms with Crippen LogP contribution in [0, 0.1) is 11.8 Å². The van der Waals surface area contributed by atoms with Crippen LogP contribution in [0.2, 0.25) is 0 Å². The minimum atomic E-state index is -1.14. The van der Waals surface area contributed by atoms with Crippen LogP contribution in [0.4, 0.5) is 4.79 Å². The molecule has 7 N–H and O–H groups in total. The molecule has 2 saturated heterocycles. The lowest BCUT2D eigenvalue weighted by molar-refractivity contribution is -0.137. The van der Waals surface area contributed by atoms with Gasteiger partial charge < -0.3 is 45.8 Å². The number of ether oxygens (including phenoxy) is 1. The molecule has 6 rings (SSSR count). The van der Waals surface area contributed by atoms with Gasteiger partial charge in [0.05, 0.1) is 54.3 Å². The fourth-order valence-corrected chi connectivity index (χ4v) is 6.58. The third-order valence-electron chi connectivity index (χ3n) is 9.36. The number of fused-ring (bicyclic) bond motifs is 1. The maximum Gasteiger partial charge on any atom is 0.407 e. The topological polar surface area (TPSA) is 203 Å². The first-order valence-electron chi connectivity index (χ1n) is 16.8. The average Bonchev–Trinajstić information content (AvgIpc) is 3.94. The van der Waals surface area contributed by atoms with Crippen molar-refractivity contribution >= 4 is 28.9 Å². The minimum Gasteiger partial charge on any atom is -0.453 e. The molecule has 0 aliphatic carbocycles. The van der Waals surface area contributed by atoms with Crippen LogP contribution in [0.5, 0.6) is 0 Å². The van der Waals surface area contributed by atoms with Crippen LogP contribution in [0.15, 0.2) is 48.7 Å². The second-order valence-corrected chi connectivity index (χ2v) is 12.9. The van der Waals surface area contributed by atoms with Crippen LogP contribution in [0.3, 0.4) is 0 Å². The molecule has 3 amide bonds. The SMILES string of the molecule is COC(=O)N[C@H](C(=O)N1CCC[C@H]1c1nc2ccc(C#Cc3ccc(-c4cnc([C@@H]5CCCN5C(=O)[C@@H](N)[C@H](C)O)[nH]4)cc3)cc2[nH]1)[C@H](C)O. The van der Waals surface area contributed by atoms with Gasteiger partial charge in [0.15, 0.2) is 0 Å². The summed E-state index contributed by atoms with van der Waals surface area (Å²) in [5.74, 6) is 7.07. The molecule has 2 aliphatic heterocycles. The lowest BCUT2D eigenvalue weighted by Crippen LogP contribution is -2.53. The third-order valence-corrected chi connectivity index (χ3v) is 9.36. The van der Waals surface area contributed by atoms with Gasteiger partial charge in [-0.1, -0.05) is 24.0 Å². The van der Waals surface area contributed by atoms with E-state index in [9.17, 15) is 24.6 Å². The van der Waals surface area contributed by atoms with E-state index in [1.807, 2.05) is 42.5 Å². The minimum absolute atomic E-state index is 0.216. The van der Waals surface area contributed by atoms with E-state index in [2.05, 4.69) is 36.8 Å². The van der Waals surface area contributed by atoms with Gasteiger partial charge >= 0.3 is 6.09 Å². The van der Waals surface area contributed by atoms with Gasteiger partial charge in [-0.15, -0.1) is 0 Å². The fourth-order valence-electron chi connectivity index (χ4n) is 6.58. The normalized spacial score (nSPS) is 19.8. The van der Waals surface area contributed by atoms with Gasteiger partial charge in [0.25, 0.3) is 0 Å². The predicted molar refractivity (Wildman–Crippen MR) is 184 cm³/mol. The Morgan fingerprint density at radius 3 is 2.22 bits per heavy atom. The van der Waals surface area contributed by atoms with Crippen molar-refractivity contribution in [2.45, 2.75) is 75.9 Å². The zero-order valence-electron chi connectivity index (χ0n) is 28.2. The summed E-state index contributed by atoms with van der Waals surface area (Å²) in [4.78, 5) is 57.3. The molecule has 14 heteroatoms. The van der Waals surface area contributed by atoms with Crippen molar-refractivity contribution in [1.82, 2.24) is 35.1 Å². The highest BCUT2D eigenvalue weighted by Gasteiger charge is 2.38. The maximum absolute atomic E-state index is 13.3. The number of methoxy groups -OCH3 is 1. The smallest absolute Gasteiger partial charge is 0.407 e. The number of aromatic nitrogens is 4. The second kappa shape index (κ2) is 14.7. The molecule has 0 bridgehead atoms. The Morgan fingerprint density at radius 2 is 1.56 bits per heavy atom. The van der Waals surface area contributed by atoms with Gasteiger partial charge in [0.1, 0.15) is 23.7 Å². The van der Waals surface area contributed by atoms with E-state index in [4.69, 9.17) is 10.7 Å². The molecule has 0 radical (unpaired) electrons. The number of nitrogens with two attached hydrogens (primary N) is 1. The Labute approximate surface area is 289 Å². The number of likely N-dealkylation sites (tertiary alicyclic amines) is 2. The van der Waals surface area contributed by atoms with Crippen molar-refractivity contribution < 1.29 is 29.3 Å². The van der Waals surface area contributed by atoms with Crippen molar-refractivity contribution in [3.63, 3.8) is 0 Å². The summed E-state index contributed by atoms with van der Waals surface area (Å²) in [6.07, 6.45) is 1.98. The number of alkyl carbamates (subject to hydrolysis) is 1. The number of aromatic amines is 2. The van der Waals surface area contributed by atoms with Gasteiger partial charge in [0, 0.05) is 24.2 Å². The summed E-state index contributed by atoms with van der Waals surface area (Å²) in [6.45, 7) is 4.02. The van der Waals surface area contributed by atoms with Crippen molar-refractivity contribution in [1.29, 1.82) is 0 Å². The molecule has 2 aromatic heterocycles. The highest BCUT2D eigenvalue weighted by molar-refractivity contribution is 5.87. The van der Waals surface area contributed by atoms with Crippen LogP contribution in [-0.2, 0) is 14.3 Å². The number of nitrogens with one attached hydrogen (secondary N) is 3. The molecular formula is C36H42N8O6. The lowest BCUT2D eigenvalue weighted by atomic mass is 10.1. The lowest BCUT2D eigenvalue weighted by Gasteiger charge is -2.29. The first-order chi connectivity index (χ1) is 24.0. The highest BCUT2D eigenvalue weighted by atomic mass is 16.5. The first-order valence-corrected chi connectivity index (χ1v) is 16.8. The molecule has 2 aliphatic rings. The predicted octanol–water partition coefficient (Wildman–Crippen LogP) is 2.49. The third kappa shape index (κ3) is 7.20. The molecule has 0 saturated carbocycles. The summed E-state index contributed by atoms with van der Waals surface area (Å²) in [5.41, 5.74) is 10.8. The van der Waals surface area contributed by atoms with E-state index in [0.717, 1.165) is 52.7 Å². The Balaban J connectivity index is 1.13. The number of hydrogen-bond acceptors (Lipinski definition) is 9. The number of aliphatic hydroxyl groups is 2. The number of nitrogens with zero attached hydrogens (tertiary/aromatic N) is 4. The molecule has 2 fully saturated rings. The van der Waals surface area contributed by atoms with Gasteiger partial charge in [-0.05, 0) is 75.4 Å². The number of carbonyl (C=O) groups is 3. The van der Waals surface area contributed by atoms with Crippen molar-refractivity contribution in [3.05, 3.63) is 71.4 Å². The maximum atomic E-state index is 13.3. The molecule has 0 unspecified atom stereocenters. The van der Waals surface area contributed by atoms with Crippen LogP contribution < -0.4 is 11.1 Å².